The summed E-state index contributed by atoms with van der Waals surface area (Å²) in [5.74, 6) is -0.856. The SMILES string of the molecule is N#Cc1ccc(N2C[C@@H](C(F)(F)F)O[C@@H](C(=O)NCC(O)CO)C2)c2nccnc12. The number of aromatic nitrogens is 2. The molecule has 0 radical (unpaired) electrons. The molecular weight excluding hydrogens is 407 g/mol. The van der Waals surface area contributed by atoms with Gasteiger partial charge in [0.2, 0.25) is 0 Å². The van der Waals surface area contributed by atoms with Crippen LogP contribution in [0.3, 0.4) is 0 Å². The highest BCUT2D eigenvalue weighted by atomic mass is 19.4. The molecule has 1 aliphatic rings. The van der Waals surface area contributed by atoms with Gasteiger partial charge in [0.25, 0.3) is 5.91 Å². The van der Waals surface area contributed by atoms with E-state index in [1.165, 1.54) is 29.4 Å². The highest BCUT2D eigenvalue weighted by Crippen LogP contribution is 2.33. The van der Waals surface area contributed by atoms with Crippen LogP contribution < -0.4 is 10.2 Å². The number of nitrogens with one attached hydrogen (secondary N) is 1. The van der Waals surface area contributed by atoms with Crippen molar-refractivity contribution in [2.24, 2.45) is 0 Å². The van der Waals surface area contributed by atoms with Crippen LogP contribution in [-0.4, -0.2) is 76.8 Å². The minimum Gasteiger partial charge on any atom is -0.394 e. The molecule has 3 atom stereocenters. The number of alkyl halides is 3. The second kappa shape index (κ2) is 8.78. The Bertz CT molecular complexity index is 965. The topological polar surface area (TPSA) is 132 Å². The zero-order chi connectivity index (χ0) is 21.9. The van der Waals surface area contributed by atoms with Crippen molar-refractivity contribution >= 4 is 22.6 Å². The summed E-state index contributed by atoms with van der Waals surface area (Å²) < 4.78 is 45.3. The van der Waals surface area contributed by atoms with Gasteiger partial charge in [0.15, 0.2) is 12.2 Å². The van der Waals surface area contributed by atoms with Gasteiger partial charge in [0.05, 0.1) is 37.1 Å². The molecule has 1 amide bonds. The maximum Gasteiger partial charge on any atom is 0.416 e. The van der Waals surface area contributed by atoms with Crippen LogP contribution >= 0.6 is 0 Å². The predicted molar refractivity (Wildman–Crippen MR) is 97.3 cm³/mol. The number of morpholine rings is 1. The molecule has 3 rings (SSSR count). The summed E-state index contributed by atoms with van der Waals surface area (Å²) >= 11 is 0. The Morgan fingerprint density at radius 3 is 2.67 bits per heavy atom. The first-order valence-electron chi connectivity index (χ1n) is 8.92. The Balaban J connectivity index is 1.93. The largest absolute Gasteiger partial charge is 0.416 e. The zero-order valence-corrected chi connectivity index (χ0v) is 15.5. The van der Waals surface area contributed by atoms with E-state index in [4.69, 9.17) is 9.84 Å². The Hall–Kier alpha value is -3.01. The van der Waals surface area contributed by atoms with E-state index in [9.17, 15) is 28.3 Å². The molecule has 9 nitrogen and oxygen atoms in total. The smallest absolute Gasteiger partial charge is 0.394 e. The molecule has 0 spiro atoms. The van der Waals surface area contributed by atoms with E-state index in [-0.39, 0.29) is 35.4 Å². The summed E-state index contributed by atoms with van der Waals surface area (Å²) in [4.78, 5) is 21.9. The van der Waals surface area contributed by atoms with Crippen LogP contribution in [0.4, 0.5) is 18.9 Å². The number of anilines is 1. The number of halogens is 3. The first-order valence-corrected chi connectivity index (χ1v) is 8.92. The number of nitriles is 1. The van der Waals surface area contributed by atoms with Gasteiger partial charge in [-0.25, -0.2) is 0 Å². The normalized spacial score (nSPS) is 20.6. The van der Waals surface area contributed by atoms with E-state index in [0.29, 0.717) is 0 Å². The van der Waals surface area contributed by atoms with Gasteiger partial charge in [-0.1, -0.05) is 0 Å². The number of nitrogens with zero attached hydrogens (tertiary/aromatic N) is 4. The monoisotopic (exact) mass is 425 g/mol. The molecule has 1 saturated heterocycles. The standard InChI is InChI=1S/C18H18F3N5O4/c19-18(20,21)14-8-26(7-13(30-14)17(29)25-6-11(28)9-27)12-2-1-10(5-22)15-16(12)24-4-3-23-15/h1-4,11,13-14,27-28H,6-9H2,(H,25,29)/t11?,13-,14+/m1/s1. The predicted octanol–water partition coefficient (Wildman–Crippen LogP) is 0.107. The van der Waals surface area contributed by atoms with Crippen molar-refractivity contribution in [1.82, 2.24) is 15.3 Å². The van der Waals surface area contributed by atoms with Crippen LogP contribution in [-0.2, 0) is 9.53 Å². The first-order chi connectivity index (χ1) is 14.2. The van der Waals surface area contributed by atoms with Crippen LogP contribution in [0.2, 0.25) is 0 Å². The van der Waals surface area contributed by atoms with E-state index in [1.807, 2.05) is 6.07 Å². The summed E-state index contributed by atoms with van der Waals surface area (Å²) in [6.07, 6.45) is -6.98. The fourth-order valence-electron chi connectivity index (χ4n) is 3.07. The van der Waals surface area contributed by atoms with Crippen molar-refractivity contribution in [2.75, 3.05) is 31.1 Å². The maximum absolute atomic E-state index is 13.4. The Morgan fingerprint density at radius 2 is 2.03 bits per heavy atom. The number of hydrogen-bond donors (Lipinski definition) is 3. The van der Waals surface area contributed by atoms with Crippen molar-refractivity contribution in [3.8, 4) is 6.07 Å². The van der Waals surface area contributed by atoms with E-state index >= 15 is 0 Å². The van der Waals surface area contributed by atoms with Crippen LogP contribution in [0.15, 0.2) is 24.5 Å². The summed E-state index contributed by atoms with van der Waals surface area (Å²) in [5, 5.41) is 29.7. The molecule has 1 aliphatic heterocycles. The second-order valence-electron chi connectivity index (χ2n) is 6.64. The number of carbonyl (C=O) groups is 1. The summed E-state index contributed by atoms with van der Waals surface area (Å²) in [6.45, 7) is -1.74. The molecule has 30 heavy (non-hydrogen) atoms. The van der Waals surface area contributed by atoms with Crippen LogP contribution in [0.5, 0.6) is 0 Å². The fraction of sp³-hybridized carbons (Fsp3) is 0.444. The van der Waals surface area contributed by atoms with Crippen molar-refractivity contribution in [2.45, 2.75) is 24.5 Å². The lowest BCUT2D eigenvalue weighted by molar-refractivity contribution is -0.234. The fourth-order valence-corrected chi connectivity index (χ4v) is 3.07. The number of rotatable bonds is 5. The highest BCUT2D eigenvalue weighted by molar-refractivity contribution is 5.92. The van der Waals surface area contributed by atoms with Gasteiger partial charge < -0.3 is 25.2 Å². The average molecular weight is 425 g/mol. The average Bonchev–Trinajstić information content (AvgIpc) is 2.75. The van der Waals surface area contributed by atoms with Crippen molar-refractivity contribution in [3.05, 3.63) is 30.1 Å². The quantitative estimate of drug-likeness (QED) is 0.615. The van der Waals surface area contributed by atoms with Crippen LogP contribution in [0, 0.1) is 11.3 Å². The van der Waals surface area contributed by atoms with Gasteiger partial charge in [-0.05, 0) is 12.1 Å². The van der Waals surface area contributed by atoms with E-state index < -0.39 is 43.5 Å². The Kier molecular flexibility index (Phi) is 6.35. The number of hydrogen-bond acceptors (Lipinski definition) is 8. The third-order valence-corrected chi connectivity index (χ3v) is 4.55. The van der Waals surface area contributed by atoms with Gasteiger partial charge in [-0.15, -0.1) is 0 Å². The number of carbonyl (C=O) groups excluding carboxylic acids is 1. The third kappa shape index (κ3) is 4.59. The molecule has 0 bridgehead atoms. The third-order valence-electron chi connectivity index (χ3n) is 4.55. The molecule has 1 aromatic heterocycles. The summed E-state index contributed by atoms with van der Waals surface area (Å²) in [7, 11) is 0. The molecule has 1 aromatic carbocycles. The van der Waals surface area contributed by atoms with Gasteiger partial charge in [-0.2, -0.15) is 18.4 Å². The molecule has 0 aliphatic carbocycles. The number of benzene rings is 1. The number of ether oxygens (including phenoxy) is 1. The molecule has 2 heterocycles. The number of aliphatic hydroxyl groups is 2. The lowest BCUT2D eigenvalue weighted by atomic mass is 10.1. The van der Waals surface area contributed by atoms with E-state index in [0.717, 1.165) is 0 Å². The number of amides is 1. The minimum absolute atomic E-state index is 0.217. The number of aliphatic hydroxyl groups excluding tert-OH is 2. The van der Waals surface area contributed by atoms with Gasteiger partial charge in [0, 0.05) is 18.9 Å². The second-order valence-corrected chi connectivity index (χ2v) is 6.64. The molecule has 3 N–H and O–H groups in total. The molecule has 0 saturated carbocycles. The molecular formula is C18H18F3N5O4. The molecule has 2 aromatic rings. The Morgan fingerprint density at radius 1 is 1.33 bits per heavy atom. The summed E-state index contributed by atoms with van der Waals surface area (Å²) in [6, 6.07) is 4.84. The maximum atomic E-state index is 13.4. The highest BCUT2D eigenvalue weighted by Gasteiger charge is 2.47. The van der Waals surface area contributed by atoms with Crippen molar-refractivity contribution in [3.63, 3.8) is 0 Å². The first kappa shape index (κ1) is 21.7. The van der Waals surface area contributed by atoms with E-state index in [1.54, 1.807) is 0 Å². The minimum atomic E-state index is -4.73. The zero-order valence-electron chi connectivity index (χ0n) is 15.5. The van der Waals surface area contributed by atoms with Gasteiger partial charge >= 0.3 is 6.18 Å². The summed E-state index contributed by atoms with van der Waals surface area (Å²) in [5.41, 5.74) is 0.964. The van der Waals surface area contributed by atoms with Gasteiger partial charge in [0.1, 0.15) is 17.1 Å². The van der Waals surface area contributed by atoms with Crippen molar-refractivity contribution in [1.29, 1.82) is 5.26 Å². The van der Waals surface area contributed by atoms with Crippen LogP contribution in [0.25, 0.3) is 11.0 Å². The molecule has 1 fully saturated rings. The molecule has 1 unspecified atom stereocenters. The van der Waals surface area contributed by atoms with E-state index in [2.05, 4.69) is 15.3 Å². The van der Waals surface area contributed by atoms with Crippen LogP contribution in [0.1, 0.15) is 5.56 Å². The Labute approximate surface area is 168 Å². The molecule has 12 heteroatoms. The number of fused-ring (bicyclic) bond motifs is 1. The van der Waals surface area contributed by atoms with Crippen molar-refractivity contribution < 1.29 is 32.9 Å². The molecule has 160 valence electrons. The lowest BCUT2D eigenvalue weighted by Gasteiger charge is -2.39. The van der Waals surface area contributed by atoms with Gasteiger partial charge in [-0.3, -0.25) is 14.8 Å². The lowest BCUT2D eigenvalue weighted by Crippen LogP contribution is -2.57.